The number of piperidine rings is 1. The highest BCUT2D eigenvalue weighted by atomic mass is 19.1. The minimum absolute atomic E-state index is 0.182. The number of halogens is 1. The number of aromatic amines is 1. The van der Waals surface area contributed by atoms with Crippen LogP contribution in [-0.2, 0) is 0 Å². The molecule has 0 bridgehead atoms. The van der Waals surface area contributed by atoms with E-state index in [1.165, 1.54) is 17.8 Å². The Morgan fingerprint density at radius 1 is 1.06 bits per heavy atom. The number of rotatable bonds is 5. The molecule has 2 aliphatic heterocycles. The third-order valence-electron chi connectivity index (χ3n) is 7.13. The first-order valence-corrected chi connectivity index (χ1v) is 11.6. The molecule has 5 rings (SSSR count). The number of nitrogens with one attached hydrogen (secondary N) is 1. The van der Waals surface area contributed by atoms with Crippen LogP contribution in [0, 0.1) is 5.82 Å². The number of hydrogen-bond donors (Lipinski definition) is 2. The Morgan fingerprint density at radius 3 is 2.44 bits per heavy atom. The molecule has 0 aliphatic carbocycles. The van der Waals surface area contributed by atoms with Crippen molar-refractivity contribution in [2.45, 2.75) is 37.3 Å². The van der Waals surface area contributed by atoms with Crippen LogP contribution in [0.25, 0.3) is 22.4 Å². The highest BCUT2D eigenvalue weighted by molar-refractivity contribution is 5.82. The third-order valence-corrected chi connectivity index (χ3v) is 7.13. The zero-order chi connectivity index (χ0) is 22.1. The van der Waals surface area contributed by atoms with E-state index >= 15 is 0 Å². The van der Waals surface area contributed by atoms with E-state index in [1.54, 1.807) is 0 Å². The summed E-state index contributed by atoms with van der Waals surface area (Å²) in [5, 5.41) is 9.93. The Bertz CT molecular complexity index is 1030. The fourth-order valence-corrected chi connectivity index (χ4v) is 5.29. The van der Waals surface area contributed by atoms with Crippen molar-refractivity contribution < 1.29 is 9.50 Å². The molecule has 168 valence electrons. The summed E-state index contributed by atoms with van der Waals surface area (Å²) in [6.45, 7) is 3.96. The van der Waals surface area contributed by atoms with Gasteiger partial charge in [0, 0.05) is 48.7 Å². The molecule has 1 aromatic carbocycles. The van der Waals surface area contributed by atoms with E-state index < -0.39 is 0 Å². The minimum Gasteiger partial charge on any atom is -0.392 e. The maximum atomic E-state index is 13.5. The molecule has 2 aromatic heterocycles. The van der Waals surface area contributed by atoms with Crippen LogP contribution in [0.5, 0.6) is 0 Å². The Labute approximate surface area is 188 Å². The average molecular weight is 435 g/mol. The van der Waals surface area contributed by atoms with E-state index in [2.05, 4.69) is 32.9 Å². The van der Waals surface area contributed by atoms with Crippen LogP contribution in [-0.4, -0.2) is 70.2 Å². The fourth-order valence-electron chi connectivity index (χ4n) is 5.29. The summed E-state index contributed by atoms with van der Waals surface area (Å²) < 4.78 is 13.5. The molecule has 6 heteroatoms. The zero-order valence-corrected chi connectivity index (χ0v) is 18.5. The average Bonchev–Trinajstić information content (AvgIpc) is 3.38. The van der Waals surface area contributed by atoms with Crippen molar-refractivity contribution in [1.29, 1.82) is 0 Å². The lowest BCUT2D eigenvalue weighted by atomic mass is 9.92. The first-order valence-electron chi connectivity index (χ1n) is 11.6. The number of aromatic nitrogens is 2. The Morgan fingerprint density at radius 2 is 1.78 bits per heavy atom. The van der Waals surface area contributed by atoms with Crippen molar-refractivity contribution in [2.75, 3.05) is 33.2 Å². The molecule has 32 heavy (non-hydrogen) atoms. The number of H-pyrrole nitrogens is 1. The summed E-state index contributed by atoms with van der Waals surface area (Å²) in [5.74, 6) is 0.256. The maximum Gasteiger partial charge on any atom is 0.123 e. The molecule has 2 fully saturated rings. The number of aliphatic hydroxyl groups excluding tert-OH is 1. The van der Waals surface area contributed by atoms with Crippen molar-refractivity contribution in [3.8, 4) is 22.4 Å². The second-order valence-electron chi connectivity index (χ2n) is 9.31. The monoisotopic (exact) mass is 434 g/mol. The van der Waals surface area contributed by atoms with Crippen LogP contribution in [0.15, 0.2) is 54.9 Å². The second kappa shape index (κ2) is 9.14. The van der Waals surface area contributed by atoms with E-state index in [4.69, 9.17) is 0 Å². The van der Waals surface area contributed by atoms with Gasteiger partial charge in [-0.25, -0.2) is 4.39 Å². The van der Waals surface area contributed by atoms with Gasteiger partial charge in [-0.3, -0.25) is 9.88 Å². The van der Waals surface area contributed by atoms with Gasteiger partial charge >= 0.3 is 0 Å². The topological polar surface area (TPSA) is 55.4 Å². The summed E-state index contributed by atoms with van der Waals surface area (Å²) in [4.78, 5) is 12.7. The standard InChI is InChI=1S/C26H31FN4O/c1-30-17-23(32)14-22(30)16-31-12-8-19(9-13-31)25-15-24(18-6-10-28-11-7-18)26(29-25)20-2-4-21(27)5-3-20/h2-7,10-11,15,19,22-23,29,32H,8-9,12-14,16-17H2,1H3/t22-,23+/m0/s1. The van der Waals surface area contributed by atoms with Gasteiger partial charge < -0.3 is 15.0 Å². The van der Waals surface area contributed by atoms with Crippen LogP contribution in [0.3, 0.4) is 0 Å². The highest BCUT2D eigenvalue weighted by Crippen LogP contribution is 2.37. The fraction of sp³-hybridized carbons (Fsp3) is 0.423. The molecule has 2 aliphatic rings. The van der Waals surface area contributed by atoms with Gasteiger partial charge in [0.05, 0.1) is 11.8 Å². The van der Waals surface area contributed by atoms with Crippen molar-refractivity contribution in [2.24, 2.45) is 0 Å². The molecule has 0 unspecified atom stereocenters. The van der Waals surface area contributed by atoms with Crippen LogP contribution in [0.1, 0.15) is 30.9 Å². The Kier molecular flexibility index (Phi) is 6.09. The minimum atomic E-state index is -0.223. The number of pyridine rings is 1. The van der Waals surface area contributed by atoms with E-state index in [0.717, 1.165) is 67.8 Å². The lowest BCUT2D eigenvalue weighted by Crippen LogP contribution is -2.42. The van der Waals surface area contributed by atoms with Gasteiger partial charge in [0.25, 0.3) is 0 Å². The number of β-amino-alcohol motifs (C(OH)–C–C–N with tert-alkyl or cyclic N) is 1. The van der Waals surface area contributed by atoms with Crippen molar-refractivity contribution in [3.05, 3.63) is 66.4 Å². The molecule has 0 radical (unpaired) electrons. The first-order chi connectivity index (χ1) is 15.6. The lowest BCUT2D eigenvalue weighted by molar-refractivity contribution is 0.159. The Balaban J connectivity index is 1.34. The number of aliphatic hydroxyl groups is 1. The molecule has 2 N–H and O–H groups in total. The maximum absolute atomic E-state index is 13.5. The number of likely N-dealkylation sites (tertiary alicyclic amines) is 2. The summed E-state index contributed by atoms with van der Waals surface area (Å²) in [5.41, 5.74) is 5.53. The van der Waals surface area contributed by atoms with Crippen LogP contribution in [0.2, 0.25) is 0 Å². The quantitative estimate of drug-likeness (QED) is 0.634. The van der Waals surface area contributed by atoms with Gasteiger partial charge in [0.15, 0.2) is 0 Å². The molecular weight excluding hydrogens is 403 g/mol. The van der Waals surface area contributed by atoms with E-state index in [1.807, 2.05) is 36.7 Å². The SMILES string of the molecule is CN1C[C@H](O)C[C@H]1CN1CCC(c2cc(-c3ccncc3)c(-c3ccc(F)cc3)[nH]2)CC1. The molecule has 0 spiro atoms. The summed E-state index contributed by atoms with van der Waals surface area (Å²) in [7, 11) is 2.12. The van der Waals surface area contributed by atoms with Crippen LogP contribution < -0.4 is 0 Å². The zero-order valence-electron chi connectivity index (χ0n) is 18.5. The lowest BCUT2D eigenvalue weighted by Gasteiger charge is -2.34. The number of benzene rings is 1. The largest absolute Gasteiger partial charge is 0.392 e. The molecular formula is C26H31FN4O. The summed E-state index contributed by atoms with van der Waals surface area (Å²) in [6.07, 6.45) is 6.54. The van der Waals surface area contributed by atoms with E-state index in [9.17, 15) is 9.50 Å². The van der Waals surface area contributed by atoms with Gasteiger partial charge in [-0.05, 0) is 93.0 Å². The molecule has 0 amide bonds. The second-order valence-corrected chi connectivity index (χ2v) is 9.31. The molecule has 2 saturated heterocycles. The van der Waals surface area contributed by atoms with Crippen LogP contribution in [0.4, 0.5) is 4.39 Å². The van der Waals surface area contributed by atoms with Gasteiger partial charge in [0.2, 0.25) is 0 Å². The molecule has 4 heterocycles. The van der Waals surface area contributed by atoms with Crippen molar-refractivity contribution in [3.63, 3.8) is 0 Å². The molecule has 3 aromatic rings. The van der Waals surface area contributed by atoms with E-state index in [0.29, 0.717) is 12.0 Å². The molecule has 5 nitrogen and oxygen atoms in total. The predicted octanol–water partition coefficient (Wildman–Crippen LogP) is 4.13. The number of hydrogen-bond acceptors (Lipinski definition) is 4. The third kappa shape index (κ3) is 4.49. The normalized spacial score (nSPS) is 23.1. The summed E-state index contributed by atoms with van der Waals surface area (Å²) >= 11 is 0. The van der Waals surface area contributed by atoms with Crippen molar-refractivity contribution >= 4 is 0 Å². The van der Waals surface area contributed by atoms with Gasteiger partial charge in [-0.15, -0.1) is 0 Å². The predicted molar refractivity (Wildman–Crippen MR) is 125 cm³/mol. The number of likely N-dealkylation sites (N-methyl/N-ethyl adjacent to an activating group) is 1. The molecule has 0 saturated carbocycles. The van der Waals surface area contributed by atoms with Gasteiger partial charge in [-0.1, -0.05) is 0 Å². The van der Waals surface area contributed by atoms with Crippen LogP contribution >= 0.6 is 0 Å². The molecule has 2 atom stereocenters. The van der Waals surface area contributed by atoms with Gasteiger partial charge in [0.1, 0.15) is 5.82 Å². The Hall–Kier alpha value is -2.54. The summed E-state index contributed by atoms with van der Waals surface area (Å²) in [6, 6.07) is 13.5. The van der Waals surface area contributed by atoms with Gasteiger partial charge in [-0.2, -0.15) is 0 Å². The van der Waals surface area contributed by atoms with Crippen molar-refractivity contribution in [1.82, 2.24) is 19.8 Å². The first kappa shape index (κ1) is 21.3. The smallest absolute Gasteiger partial charge is 0.123 e. The number of nitrogens with zero attached hydrogens (tertiary/aromatic N) is 3. The highest BCUT2D eigenvalue weighted by Gasteiger charge is 2.31. The van der Waals surface area contributed by atoms with E-state index in [-0.39, 0.29) is 11.9 Å².